The van der Waals surface area contributed by atoms with Gasteiger partial charge in [-0.2, -0.15) is 0 Å². The van der Waals surface area contributed by atoms with Gasteiger partial charge in [-0.25, -0.2) is 4.79 Å². The Morgan fingerprint density at radius 3 is 2.70 bits per heavy atom. The normalized spacial score (nSPS) is 10.2. The highest BCUT2D eigenvalue weighted by atomic mass is 35.5. The number of hydrogen-bond acceptors (Lipinski definition) is 2. The number of amides is 2. The fourth-order valence-electron chi connectivity index (χ4n) is 2.22. The molecule has 2 aromatic carbocycles. The quantitative estimate of drug-likeness (QED) is 0.790. The molecule has 2 rings (SSSR count). The van der Waals surface area contributed by atoms with Gasteiger partial charge in [0.05, 0.1) is 0 Å². The molecule has 122 valence electrons. The highest BCUT2D eigenvalue weighted by Gasteiger charge is 2.02. The zero-order valence-electron chi connectivity index (χ0n) is 13.4. The summed E-state index contributed by atoms with van der Waals surface area (Å²) in [6.45, 7) is 4.68. The number of carbonyl (C=O) groups excluding carboxylic acids is 1. The van der Waals surface area contributed by atoms with Crippen molar-refractivity contribution in [1.82, 2.24) is 10.6 Å². The van der Waals surface area contributed by atoms with Gasteiger partial charge in [0, 0.05) is 11.6 Å². The Labute approximate surface area is 141 Å². The minimum atomic E-state index is -0.253. The van der Waals surface area contributed by atoms with E-state index in [1.54, 1.807) is 0 Å². The van der Waals surface area contributed by atoms with Gasteiger partial charge >= 0.3 is 6.03 Å². The minimum Gasteiger partial charge on any atom is -0.473 e. The van der Waals surface area contributed by atoms with Crippen LogP contribution in [0.2, 0.25) is 5.02 Å². The molecule has 0 aliphatic rings. The van der Waals surface area contributed by atoms with E-state index in [9.17, 15) is 4.79 Å². The Bertz CT molecular complexity index is 674. The van der Waals surface area contributed by atoms with E-state index >= 15 is 0 Å². The summed E-state index contributed by atoms with van der Waals surface area (Å²) in [5.41, 5.74) is 3.32. The molecule has 23 heavy (non-hydrogen) atoms. The number of urea groups is 1. The van der Waals surface area contributed by atoms with Crippen molar-refractivity contribution in [2.75, 3.05) is 13.3 Å². The van der Waals surface area contributed by atoms with E-state index in [2.05, 4.69) is 10.6 Å². The molecule has 0 atom stereocenters. The molecular weight excluding hydrogens is 312 g/mol. The summed E-state index contributed by atoms with van der Waals surface area (Å²) < 4.78 is 5.55. The molecule has 0 aromatic heterocycles. The fourth-order valence-corrected chi connectivity index (χ4v) is 2.43. The SMILES string of the molecule is Cc1ccc(OCNC(=O)NCCc2cccc(Cl)c2)c(C)c1. The van der Waals surface area contributed by atoms with Crippen molar-refractivity contribution < 1.29 is 9.53 Å². The van der Waals surface area contributed by atoms with Crippen LogP contribution in [0.4, 0.5) is 4.79 Å². The second-order valence-corrected chi connectivity index (χ2v) is 5.81. The summed E-state index contributed by atoms with van der Waals surface area (Å²) in [6.07, 6.45) is 0.728. The summed E-state index contributed by atoms with van der Waals surface area (Å²) in [6, 6.07) is 13.3. The maximum atomic E-state index is 11.7. The molecule has 0 fully saturated rings. The van der Waals surface area contributed by atoms with E-state index in [1.807, 2.05) is 56.3 Å². The van der Waals surface area contributed by atoms with E-state index in [0.717, 1.165) is 23.3 Å². The largest absolute Gasteiger partial charge is 0.473 e. The molecular formula is C18H21ClN2O2. The van der Waals surface area contributed by atoms with Crippen LogP contribution in [0.3, 0.4) is 0 Å². The van der Waals surface area contributed by atoms with Gasteiger partial charge in [0.1, 0.15) is 5.75 Å². The second-order valence-electron chi connectivity index (χ2n) is 5.37. The number of rotatable bonds is 6. The number of halogens is 1. The molecule has 4 nitrogen and oxygen atoms in total. The average molecular weight is 333 g/mol. The van der Waals surface area contributed by atoms with Gasteiger partial charge in [-0.1, -0.05) is 41.4 Å². The third-order valence-corrected chi connectivity index (χ3v) is 3.61. The fraction of sp³-hybridized carbons (Fsp3) is 0.278. The summed E-state index contributed by atoms with van der Waals surface area (Å²) in [7, 11) is 0. The number of hydrogen-bond donors (Lipinski definition) is 2. The zero-order valence-corrected chi connectivity index (χ0v) is 14.1. The lowest BCUT2D eigenvalue weighted by Crippen LogP contribution is -2.38. The van der Waals surface area contributed by atoms with Crippen LogP contribution in [-0.2, 0) is 6.42 Å². The molecule has 0 aliphatic heterocycles. The minimum absolute atomic E-state index is 0.132. The van der Waals surface area contributed by atoms with Crippen LogP contribution < -0.4 is 15.4 Å². The maximum Gasteiger partial charge on any atom is 0.317 e. The average Bonchev–Trinajstić information content (AvgIpc) is 2.49. The summed E-state index contributed by atoms with van der Waals surface area (Å²) >= 11 is 5.92. The summed E-state index contributed by atoms with van der Waals surface area (Å²) in [5, 5.41) is 6.16. The molecule has 0 spiro atoms. The van der Waals surface area contributed by atoms with Crippen molar-refractivity contribution in [2.45, 2.75) is 20.3 Å². The molecule has 0 unspecified atom stereocenters. The van der Waals surface area contributed by atoms with Crippen molar-refractivity contribution in [1.29, 1.82) is 0 Å². The van der Waals surface area contributed by atoms with E-state index < -0.39 is 0 Å². The molecule has 0 saturated carbocycles. The Morgan fingerprint density at radius 1 is 1.13 bits per heavy atom. The van der Waals surface area contributed by atoms with Crippen molar-refractivity contribution in [2.24, 2.45) is 0 Å². The van der Waals surface area contributed by atoms with E-state index in [4.69, 9.17) is 16.3 Å². The Kier molecular flexibility index (Phi) is 6.29. The number of benzene rings is 2. The van der Waals surface area contributed by atoms with E-state index in [1.165, 1.54) is 5.56 Å². The van der Waals surface area contributed by atoms with Gasteiger partial charge in [0.2, 0.25) is 0 Å². The summed E-state index contributed by atoms with van der Waals surface area (Å²) in [5.74, 6) is 0.773. The predicted octanol–water partition coefficient (Wildman–Crippen LogP) is 3.84. The maximum absolute atomic E-state index is 11.7. The molecule has 2 aromatic rings. The van der Waals surface area contributed by atoms with Gasteiger partial charge in [-0.15, -0.1) is 0 Å². The van der Waals surface area contributed by atoms with Crippen LogP contribution in [0.15, 0.2) is 42.5 Å². The van der Waals surface area contributed by atoms with Gasteiger partial charge in [0.25, 0.3) is 0 Å². The van der Waals surface area contributed by atoms with Crippen LogP contribution in [0.1, 0.15) is 16.7 Å². The zero-order chi connectivity index (χ0) is 16.7. The first-order valence-corrected chi connectivity index (χ1v) is 7.88. The number of carbonyl (C=O) groups is 1. The van der Waals surface area contributed by atoms with Crippen LogP contribution in [0.25, 0.3) is 0 Å². The topological polar surface area (TPSA) is 50.4 Å². The lowest BCUT2D eigenvalue weighted by molar-refractivity contribution is 0.224. The van der Waals surface area contributed by atoms with Gasteiger partial charge in [-0.05, 0) is 49.6 Å². The number of aryl methyl sites for hydroxylation is 2. The molecule has 0 saturated heterocycles. The monoisotopic (exact) mass is 332 g/mol. The van der Waals surface area contributed by atoms with Crippen LogP contribution in [-0.4, -0.2) is 19.3 Å². The lowest BCUT2D eigenvalue weighted by Gasteiger charge is -2.11. The molecule has 2 amide bonds. The van der Waals surface area contributed by atoms with E-state index in [0.29, 0.717) is 11.6 Å². The van der Waals surface area contributed by atoms with E-state index in [-0.39, 0.29) is 12.8 Å². The summed E-state index contributed by atoms with van der Waals surface area (Å²) in [4.78, 5) is 11.7. The molecule has 0 radical (unpaired) electrons. The Morgan fingerprint density at radius 2 is 1.96 bits per heavy atom. The molecule has 0 bridgehead atoms. The van der Waals surface area contributed by atoms with Gasteiger partial charge in [-0.3, -0.25) is 0 Å². The third kappa shape index (κ3) is 5.83. The Balaban J connectivity index is 1.67. The predicted molar refractivity (Wildman–Crippen MR) is 93.1 cm³/mol. The number of nitrogens with one attached hydrogen (secondary N) is 2. The van der Waals surface area contributed by atoms with Crippen molar-refractivity contribution >= 4 is 17.6 Å². The van der Waals surface area contributed by atoms with Gasteiger partial charge < -0.3 is 15.4 Å². The standard InChI is InChI=1S/C18H21ClN2O2/c1-13-6-7-17(14(2)10-13)23-12-21-18(22)20-9-8-15-4-3-5-16(19)11-15/h3-7,10-11H,8-9,12H2,1-2H3,(H2,20,21,22). The highest BCUT2D eigenvalue weighted by molar-refractivity contribution is 6.30. The smallest absolute Gasteiger partial charge is 0.317 e. The second kappa shape index (κ2) is 8.44. The number of ether oxygens (including phenoxy) is 1. The lowest BCUT2D eigenvalue weighted by atomic mass is 10.1. The molecule has 2 N–H and O–H groups in total. The molecule has 5 heteroatoms. The highest BCUT2D eigenvalue weighted by Crippen LogP contribution is 2.18. The Hall–Kier alpha value is -2.20. The molecule has 0 heterocycles. The van der Waals surface area contributed by atoms with Crippen LogP contribution in [0, 0.1) is 13.8 Å². The van der Waals surface area contributed by atoms with Crippen LogP contribution in [0.5, 0.6) is 5.75 Å². The van der Waals surface area contributed by atoms with Gasteiger partial charge in [0.15, 0.2) is 6.73 Å². The first-order valence-electron chi connectivity index (χ1n) is 7.51. The van der Waals surface area contributed by atoms with Crippen molar-refractivity contribution in [3.63, 3.8) is 0 Å². The van der Waals surface area contributed by atoms with Crippen molar-refractivity contribution in [3.05, 3.63) is 64.2 Å². The van der Waals surface area contributed by atoms with Crippen molar-refractivity contribution in [3.8, 4) is 5.75 Å². The first kappa shape index (κ1) is 17.2. The van der Waals surface area contributed by atoms with Crippen LogP contribution >= 0.6 is 11.6 Å². The first-order chi connectivity index (χ1) is 11.0. The molecule has 0 aliphatic carbocycles. The third-order valence-electron chi connectivity index (χ3n) is 3.38.